The molecule has 3 heteroatoms. The molecule has 0 saturated carbocycles. The van der Waals surface area contributed by atoms with Crippen molar-refractivity contribution in [1.82, 2.24) is 4.90 Å². The van der Waals surface area contributed by atoms with E-state index >= 15 is 0 Å². The van der Waals surface area contributed by atoms with E-state index in [2.05, 4.69) is 24.3 Å². The molecule has 0 fully saturated rings. The van der Waals surface area contributed by atoms with Gasteiger partial charge in [0.1, 0.15) is 0 Å². The van der Waals surface area contributed by atoms with Gasteiger partial charge in [0.15, 0.2) is 0 Å². The van der Waals surface area contributed by atoms with Crippen molar-refractivity contribution in [2.45, 2.75) is 39.2 Å². The molecule has 19 heavy (non-hydrogen) atoms. The van der Waals surface area contributed by atoms with Gasteiger partial charge in [0.25, 0.3) is 0 Å². The number of hydrogen-bond donors (Lipinski definition) is 1. The molecule has 106 valence electrons. The van der Waals surface area contributed by atoms with E-state index in [4.69, 9.17) is 5.73 Å². The van der Waals surface area contributed by atoms with E-state index in [1.165, 1.54) is 5.56 Å². The van der Waals surface area contributed by atoms with Crippen molar-refractivity contribution in [3.63, 3.8) is 0 Å². The first-order valence-electron chi connectivity index (χ1n) is 7.07. The number of benzene rings is 1. The normalized spacial score (nSPS) is 13.9. The third kappa shape index (κ3) is 5.43. The van der Waals surface area contributed by atoms with Crippen LogP contribution in [-0.4, -0.2) is 30.4 Å². The zero-order valence-corrected chi connectivity index (χ0v) is 12.3. The third-order valence-corrected chi connectivity index (χ3v) is 3.61. The Balaban J connectivity index is 2.24. The number of carbonyl (C=O) groups is 1. The van der Waals surface area contributed by atoms with Crippen LogP contribution in [0.1, 0.15) is 32.3 Å². The molecule has 1 amide bonds. The van der Waals surface area contributed by atoms with Crippen LogP contribution in [0.4, 0.5) is 0 Å². The Kier molecular flexibility index (Phi) is 6.57. The lowest BCUT2D eigenvalue weighted by Crippen LogP contribution is -2.40. The SMILES string of the molecule is CC(N)C(C)C(=O)N(C)CCCCc1ccccc1. The molecular weight excluding hydrogens is 236 g/mol. The standard InChI is InChI=1S/C16H26N2O/c1-13(14(2)17)16(19)18(3)12-8-7-11-15-9-5-4-6-10-15/h4-6,9-10,13-14H,7-8,11-12,17H2,1-3H3. The molecule has 0 heterocycles. The number of amides is 1. The molecule has 1 aromatic rings. The summed E-state index contributed by atoms with van der Waals surface area (Å²) in [5.41, 5.74) is 7.12. The summed E-state index contributed by atoms with van der Waals surface area (Å²) < 4.78 is 0. The van der Waals surface area contributed by atoms with Gasteiger partial charge in [-0.15, -0.1) is 0 Å². The Morgan fingerprint density at radius 2 is 1.84 bits per heavy atom. The average molecular weight is 262 g/mol. The van der Waals surface area contributed by atoms with Crippen molar-refractivity contribution in [3.05, 3.63) is 35.9 Å². The maximum absolute atomic E-state index is 12.0. The van der Waals surface area contributed by atoms with Crippen molar-refractivity contribution in [2.75, 3.05) is 13.6 Å². The van der Waals surface area contributed by atoms with E-state index in [0.29, 0.717) is 0 Å². The van der Waals surface area contributed by atoms with Crippen molar-refractivity contribution in [3.8, 4) is 0 Å². The zero-order valence-electron chi connectivity index (χ0n) is 12.3. The minimum atomic E-state index is -0.0980. The summed E-state index contributed by atoms with van der Waals surface area (Å²) in [5, 5.41) is 0. The van der Waals surface area contributed by atoms with Gasteiger partial charge in [-0.05, 0) is 31.7 Å². The van der Waals surface area contributed by atoms with E-state index in [-0.39, 0.29) is 17.9 Å². The van der Waals surface area contributed by atoms with Gasteiger partial charge in [-0.3, -0.25) is 4.79 Å². The highest BCUT2D eigenvalue weighted by molar-refractivity contribution is 5.78. The van der Waals surface area contributed by atoms with Crippen LogP contribution in [0.3, 0.4) is 0 Å². The van der Waals surface area contributed by atoms with Crippen LogP contribution in [0, 0.1) is 5.92 Å². The van der Waals surface area contributed by atoms with Crippen LogP contribution < -0.4 is 5.73 Å². The summed E-state index contributed by atoms with van der Waals surface area (Å²) in [6.45, 7) is 4.59. The number of unbranched alkanes of at least 4 members (excludes halogenated alkanes) is 1. The summed E-state index contributed by atoms with van der Waals surface area (Å²) in [4.78, 5) is 13.8. The molecule has 0 aliphatic heterocycles. The second kappa shape index (κ2) is 7.95. The molecule has 0 saturated heterocycles. The van der Waals surface area contributed by atoms with Crippen LogP contribution >= 0.6 is 0 Å². The van der Waals surface area contributed by atoms with Gasteiger partial charge in [0, 0.05) is 19.6 Å². The van der Waals surface area contributed by atoms with E-state index < -0.39 is 0 Å². The molecule has 0 bridgehead atoms. The Hall–Kier alpha value is -1.35. The summed E-state index contributed by atoms with van der Waals surface area (Å²) in [6, 6.07) is 10.4. The Bertz CT molecular complexity index is 376. The molecule has 3 nitrogen and oxygen atoms in total. The predicted molar refractivity (Wildman–Crippen MR) is 79.8 cm³/mol. The number of rotatable bonds is 7. The third-order valence-electron chi connectivity index (χ3n) is 3.61. The Morgan fingerprint density at radius 1 is 1.21 bits per heavy atom. The molecule has 0 radical (unpaired) electrons. The van der Waals surface area contributed by atoms with Crippen LogP contribution in [0.25, 0.3) is 0 Å². The number of aryl methyl sites for hydroxylation is 1. The van der Waals surface area contributed by atoms with Gasteiger partial charge in [0.05, 0.1) is 5.92 Å². The van der Waals surface area contributed by atoms with Crippen molar-refractivity contribution < 1.29 is 4.79 Å². The summed E-state index contributed by atoms with van der Waals surface area (Å²) in [5.74, 6) is 0.0498. The maximum Gasteiger partial charge on any atom is 0.226 e. The average Bonchev–Trinajstić information content (AvgIpc) is 2.42. The van der Waals surface area contributed by atoms with Gasteiger partial charge >= 0.3 is 0 Å². The van der Waals surface area contributed by atoms with Crippen LogP contribution in [-0.2, 0) is 11.2 Å². The van der Waals surface area contributed by atoms with Crippen molar-refractivity contribution >= 4 is 5.91 Å². The van der Waals surface area contributed by atoms with Crippen molar-refractivity contribution in [2.24, 2.45) is 11.7 Å². The molecule has 1 rings (SSSR count). The lowest BCUT2D eigenvalue weighted by atomic mass is 10.0. The second-order valence-electron chi connectivity index (χ2n) is 5.35. The smallest absolute Gasteiger partial charge is 0.226 e. The number of carbonyl (C=O) groups excluding carboxylic acids is 1. The fraction of sp³-hybridized carbons (Fsp3) is 0.562. The summed E-state index contributed by atoms with van der Waals surface area (Å²) in [6.07, 6.45) is 3.21. The largest absolute Gasteiger partial charge is 0.345 e. The molecule has 1 aromatic carbocycles. The van der Waals surface area contributed by atoms with Crippen LogP contribution in [0.5, 0.6) is 0 Å². The number of nitrogens with two attached hydrogens (primary N) is 1. The molecule has 2 N–H and O–H groups in total. The minimum absolute atomic E-state index is 0.0840. The van der Waals surface area contributed by atoms with Crippen molar-refractivity contribution in [1.29, 1.82) is 0 Å². The van der Waals surface area contributed by atoms with Gasteiger partial charge in [0.2, 0.25) is 5.91 Å². The number of hydrogen-bond acceptors (Lipinski definition) is 2. The van der Waals surface area contributed by atoms with Gasteiger partial charge in [-0.25, -0.2) is 0 Å². The highest BCUT2D eigenvalue weighted by Crippen LogP contribution is 2.08. The lowest BCUT2D eigenvalue weighted by Gasteiger charge is -2.23. The molecule has 0 aliphatic rings. The van der Waals surface area contributed by atoms with Gasteiger partial charge in [-0.2, -0.15) is 0 Å². The molecular formula is C16H26N2O. The maximum atomic E-state index is 12.0. The predicted octanol–water partition coefficient (Wildman–Crippen LogP) is 2.45. The van der Waals surface area contributed by atoms with Gasteiger partial charge < -0.3 is 10.6 Å². The Morgan fingerprint density at radius 3 is 2.42 bits per heavy atom. The fourth-order valence-corrected chi connectivity index (χ4v) is 2.01. The quantitative estimate of drug-likeness (QED) is 0.767. The van der Waals surface area contributed by atoms with E-state index in [0.717, 1.165) is 25.8 Å². The van der Waals surface area contributed by atoms with E-state index in [9.17, 15) is 4.79 Å². The summed E-state index contributed by atoms with van der Waals surface area (Å²) >= 11 is 0. The van der Waals surface area contributed by atoms with E-state index in [1.807, 2.05) is 27.0 Å². The topological polar surface area (TPSA) is 46.3 Å². The Labute approximate surface area is 116 Å². The van der Waals surface area contributed by atoms with Crippen LogP contribution in [0.15, 0.2) is 30.3 Å². The molecule has 0 spiro atoms. The van der Waals surface area contributed by atoms with Gasteiger partial charge in [-0.1, -0.05) is 37.3 Å². The second-order valence-corrected chi connectivity index (χ2v) is 5.35. The highest BCUT2D eigenvalue weighted by Gasteiger charge is 2.20. The zero-order chi connectivity index (χ0) is 14.3. The minimum Gasteiger partial charge on any atom is -0.345 e. The molecule has 2 unspecified atom stereocenters. The monoisotopic (exact) mass is 262 g/mol. The molecule has 0 aromatic heterocycles. The number of nitrogens with zero attached hydrogens (tertiary/aromatic N) is 1. The first-order chi connectivity index (χ1) is 9.02. The van der Waals surface area contributed by atoms with Crippen LogP contribution in [0.2, 0.25) is 0 Å². The first-order valence-corrected chi connectivity index (χ1v) is 7.07. The fourth-order valence-electron chi connectivity index (χ4n) is 2.01. The lowest BCUT2D eigenvalue weighted by molar-refractivity contribution is -0.134. The molecule has 2 atom stereocenters. The highest BCUT2D eigenvalue weighted by atomic mass is 16.2. The summed E-state index contributed by atoms with van der Waals surface area (Å²) in [7, 11) is 1.86. The van der Waals surface area contributed by atoms with E-state index in [1.54, 1.807) is 4.90 Å². The first kappa shape index (κ1) is 15.7. The molecule has 0 aliphatic carbocycles.